The van der Waals surface area contributed by atoms with Crippen molar-refractivity contribution in [2.75, 3.05) is 0 Å². The molecule has 0 aliphatic carbocycles. The third-order valence-corrected chi connectivity index (χ3v) is 6.50. The van der Waals surface area contributed by atoms with E-state index in [2.05, 4.69) is 69.2 Å². The van der Waals surface area contributed by atoms with Crippen LogP contribution in [0.15, 0.2) is 11.3 Å². The number of hydrogen-bond donors (Lipinski definition) is 0. The fraction of sp³-hybridized carbons (Fsp3) is 0.875. The lowest BCUT2D eigenvalue weighted by Crippen LogP contribution is -2.54. The fourth-order valence-electron chi connectivity index (χ4n) is 3.03. The minimum atomic E-state index is -0.157. The van der Waals surface area contributed by atoms with Crippen LogP contribution in [0.1, 0.15) is 69.2 Å². The molecule has 1 aliphatic rings. The van der Waals surface area contributed by atoms with Crippen LogP contribution in [0.4, 0.5) is 0 Å². The van der Waals surface area contributed by atoms with Gasteiger partial charge in [0.1, 0.15) is 5.60 Å². The molecule has 17 heavy (non-hydrogen) atoms. The molecule has 0 aromatic carbocycles. The number of allylic oxidation sites excluding steroid dienone is 2. The Bertz CT molecular complexity index is 354. The molecule has 1 nitrogen and oxygen atoms in total. The highest BCUT2D eigenvalue weighted by atomic mass is 16.5. The van der Waals surface area contributed by atoms with Crippen molar-refractivity contribution >= 4 is 0 Å². The summed E-state index contributed by atoms with van der Waals surface area (Å²) in [6.45, 7) is 22.9. The fourth-order valence-corrected chi connectivity index (χ4v) is 3.03. The zero-order valence-electron chi connectivity index (χ0n) is 13.4. The van der Waals surface area contributed by atoms with Gasteiger partial charge in [0, 0.05) is 5.41 Å². The van der Waals surface area contributed by atoms with Gasteiger partial charge in [-0.2, -0.15) is 0 Å². The Labute approximate surface area is 108 Å². The maximum absolute atomic E-state index is 6.28. The Morgan fingerprint density at radius 2 is 1.12 bits per heavy atom. The molecule has 0 saturated heterocycles. The van der Waals surface area contributed by atoms with E-state index < -0.39 is 0 Å². The van der Waals surface area contributed by atoms with Crippen LogP contribution in [0.3, 0.4) is 0 Å². The first-order valence-electron chi connectivity index (χ1n) is 6.66. The van der Waals surface area contributed by atoms with Gasteiger partial charge in [-0.3, -0.25) is 0 Å². The molecule has 100 valence electrons. The summed E-state index contributed by atoms with van der Waals surface area (Å²) in [6, 6.07) is 0. The molecule has 0 atom stereocenters. The van der Waals surface area contributed by atoms with E-state index in [-0.39, 0.29) is 21.8 Å². The van der Waals surface area contributed by atoms with E-state index in [0.717, 1.165) is 5.76 Å². The Balaban J connectivity index is 3.57. The van der Waals surface area contributed by atoms with Crippen LogP contribution in [0, 0.1) is 16.2 Å². The maximum atomic E-state index is 6.28. The molecular weight excluding hydrogens is 208 g/mol. The van der Waals surface area contributed by atoms with Gasteiger partial charge in [-0.1, -0.05) is 41.5 Å². The van der Waals surface area contributed by atoms with E-state index in [9.17, 15) is 0 Å². The molecule has 1 aliphatic heterocycles. The molecule has 1 rings (SSSR count). The van der Waals surface area contributed by atoms with E-state index in [1.807, 2.05) is 0 Å². The first kappa shape index (κ1) is 14.6. The number of ether oxygens (including phenoxy) is 1. The van der Waals surface area contributed by atoms with Gasteiger partial charge < -0.3 is 4.74 Å². The molecule has 0 N–H and O–H groups in total. The number of hydrogen-bond acceptors (Lipinski definition) is 1. The van der Waals surface area contributed by atoms with Gasteiger partial charge in [0.05, 0.1) is 5.76 Å². The molecule has 0 bridgehead atoms. The Kier molecular flexibility index (Phi) is 3.03. The van der Waals surface area contributed by atoms with E-state index in [1.165, 1.54) is 5.57 Å². The van der Waals surface area contributed by atoms with Gasteiger partial charge in [-0.15, -0.1) is 0 Å². The van der Waals surface area contributed by atoms with E-state index in [4.69, 9.17) is 4.74 Å². The summed E-state index contributed by atoms with van der Waals surface area (Å²) >= 11 is 0. The van der Waals surface area contributed by atoms with Gasteiger partial charge in [0.15, 0.2) is 0 Å². The highest BCUT2D eigenvalue weighted by Crippen LogP contribution is 2.62. The van der Waals surface area contributed by atoms with Crippen LogP contribution in [0.25, 0.3) is 0 Å². The first-order chi connectivity index (χ1) is 7.29. The van der Waals surface area contributed by atoms with E-state index in [1.54, 1.807) is 0 Å². The molecule has 1 heteroatoms. The average Bonchev–Trinajstić information content (AvgIpc) is 2.15. The molecule has 0 aromatic rings. The normalized spacial score (nSPS) is 29.5. The second-order valence-electron chi connectivity index (χ2n) is 7.67. The van der Waals surface area contributed by atoms with Crippen molar-refractivity contribution in [1.29, 1.82) is 0 Å². The van der Waals surface area contributed by atoms with Crippen LogP contribution in [0.2, 0.25) is 0 Å². The van der Waals surface area contributed by atoms with Gasteiger partial charge in [-0.05, 0) is 44.1 Å². The molecule has 1 heterocycles. The predicted molar refractivity (Wildman–Crippen MR) is 74.9 cm³/mol. The third-order valence-electron chi connectivity index (χ3n) is 6.50. The molecule has 0 radical (unpaired) electrons. The number of rotatable bonds is 0. The topological polar surface area (TPSA) is 9.23 Å². The first-order valence-corrected chi connectivity index (χ1v) is 6.66. The Hall–Kier alpha value is -0.460. The van der Waals surface area contributed by atoms with Crippen LogP contribution in [0.5, 0.6) is 0 Å². The standard InChI is InChI=1S/C16H30O/c1-11-12(2)17-16(9,10)15(7,8)14(5,6)13(11,3)4/h1-10H3. The highest BCUT2D eigenvalue weighted by molar-refractivity contribution is 5.23. The lowest BCUT2D eigenvalue weighted by molar-refractivity contribution is -0.132. The van der Waals surface area contributed by atoms with Crippen molar-refractivity contribution in [2.45, 2.75) is 74.8 Å². The lowest BCUT2D eigenvalue weighted by Gasteiger charge is -2.56. The Morgan fingerprint density at radius 3 is 1.53 bits per heavy atom. The highest BCUT2D eigenvalue weighted by Gasteiger charge is 2.58. The van der Waals surface area contributed by atoms with Crippen LogP contribution in [-0.2, 0) is 4.74 Å². The lowest BCUT2D eigenvalue weighted by atomic mass is 9.49. The summed E-state index contributed by atoms with van der Waals surface area (Å²) in [4.78, 5) is 0. The van der Waals surface area contributed by atoms with Crippen molar-refractivity contribution < 1.29 is 4.74 Å². The molecule has 0 amide bonds. The molecular formula is C16H30O. The van der Waals surface area contributed by atoms with Gasteiger partial charge >= 0.3 is 0 Å². The monoisotopic (exact) mass is 238 g/mol. The van der Waals surface area contributed by atoms with Crippen molar-refractivity contribution in [3.8, 4) is 0 Å². The maximum Gasteiger partial charge on any atom is 0.109 e. The quantitative estimate of drug-likeness (QED) is 0.566. The smallest absolute Gasteiger partial charge is 0.109 e. The molecule has 0 unspecified atom stereocenters. The predicted octanol–water partition coefficient (Wildman–Crippen LogP) is 5.17. The van der Waals surface area contributed by atoms with Crippen LogP contribution < -0.4 is 0 Å². The Morgan fingerprint density at radius 1 is 0.706 bits per heavy atom. The molecule has 0 saturated carbocycles. The molecule has 0 aromatic heterocycles. The summed E-state index contributed by atoms with van der Waals surface area (Å²) in [5.74, 6) is 1.10. The summed E-state index contributed by atoms with van der Waals surface area (Å²) in [5.41, 5.74) is 1.60. The summed E-state index contributed by atoms with van der Waals surface area (Å²) in [5, 5.41) is 0. The van der Waals surface area contributed by atoms with Crippen molar-refractivity contribution in [3.05, 3.63) is 11.3 Å². The average molecular weight is 238 g/mol. The molecule has 0 fully saturated rings. The van der Waals surface area contributed by atoms with Crippen LogP contribution in [-0.4, -0.2) is 5.60 Å². The minimum absolute atomic E-state index is 0.0858. The summed E-state index contributed by atoms with van der Waals surface area (Å²) in [6.07, 6.45) is 0. The summed E-state index contributed by atoms with van der Waals surface area (Å²) < 4.78 is 6.28. The summed E-state index contributed by atoms with van der Waals surface area (Å²) in [7, 11) is 0. The van der Waals surface area contributed by atoms with Gasteiger partial charge in [-0.25, -0.2) is 0 Å². The van der Waals surface area contributed by atoms with Gasteiger partial charge in [0.25, 0.3) is 0 Å². The second kappa shape index (κ2) is 3.52. The molecule has 0 spiro atoms. The van der Waals surface area contributed by atoms with E-state index >= 15 is 0 Å². The van der Waals surface area contributed by atoms with Crippen LogP contribution >= 0.6 is 0 Å². The van der Waals surface area contributed by atoms with Crippen molar-refractivity contribution in [1.82, 2.24) is 0 Å². The largest absolute Gasteiger partial charge is 0.492 e. The minimum Gasteiger partial charge on any atom is -0.492 e. The van der Waals surface area contributed by atoms with Crippen molar-refractivity contribution in [2.24, 2.45) is 16.2 Å². The van der Waals surface area contributed by atoms with Gasteiger partial charge in [0.2, 0.25) is 0 Å². The second-order valence-corrected chi connectivity index (χ2v) is 7.67. The third kappa shape index (κ3) is 1.65. The van der Waals surface area contributed by atoms with Crippen molar-refractivity contribution in [3.63, 3.8) is 0 Å². The zero-order valence-corrected chi connectivity index (χ0v) is 13.4. The van der Waals surface area contributed by atoms with E-state index in [0.29, 0.717) is 0 Å². The zero-order chi connectivity index (χ0) is 13.9. The SMILES string of the molecule is CC1=C(C)C(C)(C)C(C)(C)C(C)(C)C(C)(C)O1.